The van der Waals surface area contributed by atoms with Crippen LogP contribution in [0.1, 0.15) is 23.6 Å². The molecule has 2 aromatic heterocycles. The summed E-state index contributed by atoms with van der Waals surface area (Å²) in [5, 5.41) is 10.9. The Bertz CT molecular complexity index is 1210. The van der Waals surface area contributed by atoms with Gasteiger partial charge in [-0.25, -0.2) is 4.98 Å². The number of aryl methyl sites for hydroxylation is 1. The molecule has 2 heterocycles. The topological polar surface area (TPSA) is 78.0 Å². The number of aromatic nitrogens is 4. The van der Waals surface area contributed by atoms with E-state index in [9.17, 15) is 13.2 Å². The highest BCUT2D eigenvalue weighted by Crippen LogP contribution is 2.36. The van der Waals surface area contributed by atoms with Crippen LogP contribution in [0, 0.1) is 0 Å². The number of halogens is 3. The van der Waals surface area contributed by atoms with Crippen LogP contribution in [-0.4, -0.2) is 32.1 Å². The van der Waals surface area contributed by atoms with Crippen LogP contribution >= 0.6 is 11.8 Å². The summed E-state index contributed by atoms with van der Waals surface area (Å²) in [6.45, 7) is 1.80. The van der Waals surface area contributed by atoms with Crippen LogP contribution in [0.2, 0.25) is 0 Å². The van der Waals surface area contributed by atoms with E-state index < -0.39 is 5.51 Å². The van der Waals surface area contributed by atoms with Crippen molar-refractivity contribution in [1.82, 2.24) is 20.0 Å². The first-order valence-corrected chi connectivity index (χ1v) is 11.5. The predicted octanol–water partition coefficient (Wildman–Crippen LogP) is 6.13. The molecule has 0 fully saturated rings. The molecule has 0 radical (unpaired) electrons. The summed E-state index contributed by atoms with van der Waals surface area (Å²) in [4.78, 5) is 4.53. The molecule has 1 N–H and O–H groups in total. The minimum Gasteiger partial charge on any atom is -0.494 e. The molecule has 182 valence electrons. The Kier molecular flexibility index (Phi) is 8.09. The van der Waals surface area contributed by atoms with E-state index in [1.165, 1.54) is 12.1 Å². The van der Waals surface area contributed by atoms with Crippen molar-refractivity contribution >= 4 is 29.6 Å². The fourth-order valence-electron chi connectivity index (χ4n) is 3.06. The van der Waals surface area contributed by atoms with Crippen molar-refractivity contribution in [3.05, 3.63) is 84.3 Å². The molecule has 0 bridgehead atoms. The van der Waals surface area contributed by atoms with Crippen LogP contribution < -0.4 is 10.1 Å². The van der Waals surface area contributed by atoms with E-state index in [1.54, 1.807) is 41.4 Å². The largest absolute Gasteiger partial charge is 0.494 e. The lowest BCUT2D eigenvalue weighted by atomic mass is 10.2. The van der Waals surface area contributed by atoms with Gasteiger partial charge in [-0.1, -0.05) is 17.3 Å². The van der Waals surface area contributed by atoms with Crippen molar-refractivity contribution in [2.75, 3.05) is 11.9 Å². The van der Waals surface area contributed by atoms with Gasteiger partial charge in [-0.3, -0.25) is 4.68 Å². The van der Waals surface area contributed by atoms with Gasteiger partial charge in [0.2, 0.25) is 5.89 Å². The minimum absolute atomic E-state index is 0.138. The normalized spacial score (nSPS) is 11.7. The van der Waals surface area contributed by atoms with E-state index in [1.807, 2.05) is 30.5 Å². The number of hydrogen-bond donors (Lipinski definition) is 1. The zero-order chi connectivity index (χ0) is 24.5. The van der Waals surface area contributed by atoms with Crippen LogP contribution in [0.25, 0.3) is 12.2 Å². The highest BCUT2D eigenvalue weighted by atomic mass is 32.2. The van der Waals surface area contributed by atoms with Gasteiger partial charge >= 0.3 is 5.51 Å². The van der Waals surface area contributed by atoms with Crippen LogP contribution in [0.4, 0.5) is 18.9 Å². The molecule has 0 aliphatic carbocycles. The summed E-state index contributed by atoms with van der Waals surface area (Å²) in [6.07, 6.45) is 9.25. The minimum atomic E-state index is -4.30. The predicted molar refractivity (Wildman–Crippen MR) is 128 cm³/mol. The average molecular weight is 502 g/mol. The van der Waals surface area contributed by atoms with E-state index in [-0.39, 0.29) is 16.7 Å². The number of nitrogens with zero attached hydrogens (tertiary/aromatic N) is 4. The second kappa shape index (κ2) is 11.6. The third-order valence-electron chi connectivity index (χ3n) is 4.70. The second-order valence-corrected chi connectivity index (χ2v) is 8.51. The molecular formula is C24H22F3N5O2S. The number of alkyl halides is 3. The Morgan fingerprint density at radius 1 is 1.06 bits per heavy atom. The average Bonchev–Trinajstić information content (AvgIpc) is 3.52. The summed E-state index contributed by atoms with van der Waals surface area (Å²) in [5.41, 5.74) is -1.92. The molecule has 0 aliphatic rings. The molecule has 0 unspecified atom stereocenters. The first-order valence-electron chi connectivity index (χ1n) is 10.7. The third-order valence-corrected chi connectivity index (χ3v) is 5.44. The van der Waals surface area contributed by atoms with E-state index >= 15 is 0 Å². The number of anilines is 1. The third kappa shape index (κ3) is 8.21. The molecule has 0 atom stereocenters. The number of benzene rings is 2. The maximum atomic E-state index is 12.4. The van der Waals surface area contributed by atoms with Gasteiger partial charge in [0, 0.05) is 35.8 Å². The molecule has 0 aliphatic heterocycles. The summed E-state index contributed by atoms with van der Waals surface area (Å²) in [5.74, 6) is 1.19. The molecule has 7 nitrogen and oxygen atoms in total. The summed E-state index contributed by atoms with van der Waals surface area (Å²) in [6, 6.07) is 13.7. The van der Waals surface area contributed by atoms with Gasteiger partial charge < -0.3 is 14.5 Å². The molecular weight excluding hydrogens is 479 g/mol. The zero-order valence-electron chi connectivity index (χ0n) is 18.5. The van der Waals surface area contributed by atoms with Crippen molar-refractivity contribution in [3.63, 3.8) is 0 Å². The highest BCUT2D eigenvalue weighted by molar-refractivity contribution is 8.00. The second-order valence-electron chi connectivity index (χ2n) is 7.37. The Labute approximate surface area is 204 Å². The molecule has 35 heavy (non-hydrogen) atoms. The van der Waals surface area contributed by atoms with Crippen molar-refractivity contribution in [3.8, 4) is 5.75 Å². The first kappa shape index (κ1) is 24.4. The van der Waals surface area contributed by atoms with Crippen molar-refractivity contribution in [2.24, 2.45) is 0 Å². The molecule has 4 aromatic rings. The molecule has 0 amide bonds. The van der Waals surface area contributed by atoms with Gasteiger partial charge in [0.25, 0.3) is 0 Å². The lowest BCUT2D eigenvalue weighted by Gasteiger charge is -2.08. The zero-order valence-corrected chi connectivity index (χ0v) is 19.3. The summed E-state index contributed by atoms with van der Waals surface area (Å²) >= 11 is -0.138. The molecule has 0 saturated heterocycles. The maximum Gasteiger partial charge on any atom is 0.446 e. The van der Waals surface area contributed by atoms with E-state index in [2.05, 4.69) is 20.6 Å². The smallest absolute Gasteiger partial charge is 0.446 e. The summed E-state index contributed by atoms with van der Waals surface area (Å²) < 4.78 is 50.2. The number of hydrogen-bond acceptors (Lipinski definition) is 7. The molecule has 11 heteroatoms. The number of rotatable bonds is 11. The lowest BCUT2D eigenvalue weighted by molar-refractivity contribution is -0.0328. The van der Waals surface area contributed by atoms with Crippen LogP contribution in [0.15, 0.2) is 76.5 Å². The number of ether oxygens (including phenoxy) is 1. The van der Waals surface area contributed by atoms with Gasteiger partial charge in [-0.05, 0) is 59.8 Å². The summed E-state index contributed by atoms with van der Waals surface area (Å²) in [7, 11) is 0. The molecule has 2 aromatic carbocycles. The van der Waals surface area contributed by atoms with E-state index in [4.69, 9.17) is 9.15 Å². The van der Waals surface area contributed by atoms with Gasteiger partial charge in [0.1, 0.15) is 12.0 Å². The lowest BCUT2D eigenvalue weighted by Crippen LogP contribution is -2.05. The van der Waals surface area contributed by atoms with Crippen LogP contribution in [0.5, 0.6) is 5.75 Å². The fourth-order valence-corrected chi connectivity index (χ4v) is 3.60. The monoisotopic (exact) mass is 501 g/mol. The van der Waals surface area contributed by atoms with Gasteiger partial charge in [0.05, 0.1) is 25.0 Å². The fraction of sp³-hybridized carbons (Fsp3) is 0.208. The van der Waals surface area contributed by atoms with Crippen LogP contribution in [-0.2, 0) is 13.1 Å². The molecule has 0 spiro atoms. The Morgan fingerprint density at radius 3 is 2.57 bits per heavy atom. The van der Waals surface area contributed by atoms with Gasteiger partial charge in [0.15, 0.2) is 0 Å². The van der Waals surface area contributed by atoms with E-state index in [0.717, 1.165) is 35.7 Å². The van der Waals surface area contributed by atoms with Crippen molar-refractivity contribution < 1.29 is 22.3 Å². The Hall–Kier alpha value is -3.73. The number of thioether (sulfide) groups is 1. The SMILES string of the molecule is FC(F)(F)Sc1ccc(C=Cc2nc(CNc3ccc(OCCCn4ccnn4)cc3)co2)cc1. The molecule has 0 saturated carbocycles. The van der Waals surface area contributed by atoms with Crippen molar-refractivity contribution in [1.29, 1.82) is 0 Å². The van der Waals surface area contributed by atoms with E-state index in [0.29, 0.717) is 19.0 Å². The quantitative estimate of drug-likeness (QED) is 0.196. The Balaban J connectivity index is 1.20. The van der Waals surface area contributed by atoms with Gasteiger partial charge in [-0.15, -0.1) is 5.10 Å². The number of oxazole rings is 1. The highest BCUT2D eigenvalue weighted by Gasteiger charge is 2.28. The number of nitrogens with one attached hydrogen (secondary N) is 1. The van der Waals surface area contributed by atoms with Gasteiger partial charge in [-0.2, -0.15) is 13.2 Å². The van der Waals surface area contributed by atoms with Crippen molar-refractivity contribution in [2.45, 2.75) is 29.9 Å². The molecule has 4 rings (SSSR count). The Morgan fingerprint density at radius 2 is 1.86 bits per heavy atom. The first-order chi connectivity index (χ1) is 16.9. The van der Waals surface area contributed by atoms with Crippen LogP contribution in [0.3, 0.4) is 0 Å². The standard InChI is InChI=1S/C24H22F3N5O2S/c25-24(26,27)35-22-9-2-18(3-10-22)4-11-23-30-20(17-34-23)16-28-19-5-7-21(8-6-19)33-15-1-13-32-14-12-29-31-32/h2-12,14,17,28H,1,13,15-16H2. The maximum absolute atomic E-state index is 12.4.